The molecule has 0 radical (unpaired) electrons. The highest BCUT2D eigenvalue weighted by Gasteiger charge is 2.44. The van der Waals surface area contributed by atoms with Crippen molar-refractivity contribution in [2.75, 3.05) is 18.6 Å². The zero-order chi connectivity index (χ0) is 14.1. The van der Waals surface area contributed by atoms with Crippen molar-refractivity contribution < 1.29 is 31.2 Å². The molecule has 1 unspecified atom stereocenters. The number of nitrogens with one attached hydrogen (secondary N) is 1. The van der Waals surface area contributed by atoms with Crippen LogP contribution in [0.15, 0.2) is 0 Å². The van der Waals surface area contributed by atoms with Crippen LogP contribution >= 0.6 is 0 Å². The lowest BCUT2D eigenvalue weighted by molar-refractivity contribution is -0.153. The van der Waals surface area contributed by atoms with Gasteiger partial charge in [0.1, 0.15) is 22.4 Å². The standard InChI is InChI=1S/C8H11F3N2O4S/c1-18(16,17)3-2-5-6(14)13(7(15)12-5)4-8(9,10)11/h5H,2-4H2,1H3,(H,12,15). The number of urea groups is 1. The maximum atomic E-state index is 12.1. The van der Waals surface area contributed by atoms with Crippen molar-refractivity contribution in [1.82, 2.24) is 10.2 Å². The lowest BCUT2D eigenvalue weighted by Crippen LogP contribution is -2.39. The number of carbonyl (C=O) groups excluding carboxylic acids is 2. The molecule has 1 fully saturated rings. The molecule has 0 aromatic rings. The first-order valence-electron chi connectivity index (χ1n) is 4.86. The second-order valence-electron chi connectivity index (χ2n) is 3.96. The maximum absolute atomic E-state index is 12.1. The average Bonchev–Trinajstić information content (AvgIpc) is 2.39. The first-order valence-corrected chi connectivity index (χ1v) is 6.92. The van der Waals surface area contributed by atoms with Gasteiger partial charge in [0.25, 0.3) is 5.91 Å². The van der Waals surface area contributed by atoms with E-state index in [9.17, 15) is 31.2 Å². The second-order valence-corrected chi connectivity index (χ2v) is 6.22. The number of alkyl halides is 3. The van der Waals surface area contributed by atoms with Crippen LogP contribution in [0.1, 0.15) is 6.42 Å². The van der Waals surface area contributed by atoms with Gasteiger partial charge in [-0.25, -0.2) is 13.2 Å². The number of halogens is 3. The molecule has 3 amide bonds. The Morgan fingerprint density at radius 2 is 1.89 bits per heavy atom. The van der Waals surface area contributed by atoms with E-state index in [-0.39, 0.29) is 17.1 Å². The molecule has 1 N–H and O–H groups in total. The van der Waals surface area contributed by atoms with Crippen LogP contribution in [0, 0.1) is 0 Å². The summed E-state index contributed by atoms with van der Waals surface area (Å²) >= 11 is 0. The molecular weight excluding hydrogens is 277 g/mol. The van der Waals surface area contributed by atoms with Crippen LogP contribution in [0.2, 0.25) is 0 Å². The molecule has 0 aromatic heterocycles. The summed E-state index contributed by atoms with van der Waals surface area (Å²) in [7, 11) is -3.35. The van der Waals surface area contributed by atoms with Gasteiger partial charge in [-0.05, 0) is 6.42 Å². The molecule has 10 heteroatoms. The van der Waals surface area contributed by atoms with Crippen LogP contribution in [0.4, 0.5) is 18.0 Å². The van der Waals surface area contributed by atoms with E-state index in [2.05, 4.69) is 0 Å². The summed E-state index contributed by atoms with van der Waals surface area (Å²) in [5.74, 6) is -1.44. The molecule has 0 aromatic carbocycles. The van der Waals surface area contributed by atoms with E-state index in [1.165, 1.54) is 0 Å². The van der Waals surface area contributed by atoms with Gasteiger partial charge in [-0.15, -0.1) is 0 Å². The fourth-order valence-corrected chi connectivity index (χ4v) is 2.10. The van der Waals surface area contributed by atoms with E-state index in [0.29, 0.717) is 0 Å². The Bertz CT molecular complexity index is 459. The molecule has 1 heterocycles. The topological polar surface area (TPSA) is 83.6 Å². The molecule has 1 atom stereocenters. The van der Waals surface area contributed by atoms with E-state index < -0.39 is 40.5 Å². The van der Waals surface area contributed by atoms with E-state index in [0.717, 1.165) is 6.26 Å². The minimum atomic E-state index is -4.68. The first kappa shape index (κ1) is 14.7. The third-order valence-corrected chi connectivity index (χ3v) is 3.20. The largest absolute Gasteiger partial charge is 0.406 e. The predicted molar refractivity (Wildman–Crippen MR) is 54.4 cm³/mol. The normalized spacial score (nSPS) is 21.3. The van der Waals surface area contributed by atoms with Gasteiger partial charge in [0.05, 0.1) is 5.75 Å². The van der Waals surface area contributed by atoms with Crippen LogP contribution in [-0.2, 0) is 14.6 Å². The number of amides is 3. The molecule has 1 rings (SSSR count). The van der Waals surface area contributed by atoms with Crippen LogP contribution < -0.4 is 5.32 Å². The van der Waals surface area contributed by atoms with Crippen LogP contribution in [0.5, 0.6) is 0 Å². The number of carbonyl (C=O) groups is 2. The Morgan fingerprint density at radius 1 is 1.33 bits per heavy atom. The Hall–Kier alpha value is -1.32. The molecule has 1 aliphatic rings. The summed E-state index contributed by atoms with van der Waals surface area (Å²) in [6.07, 6.45) is -3.99. The smallest absolute Gasteiger partial charge is 0.326 e. The molecule has 0 bridgehead atoms. The van der Waals surface area contributed by atoms with Gasteiger partial charge in [0.15, 0.2) is 0 Å². The third-order valence-electron chi connectivity index (χ3n) is 2.22. The molecule has 0 aliphatic carbocycles. The predicted octanol–water partition coefficient (Wildman–Crippen LogP) is -0.0962. The molecular formula is C8H11F3N2O4S. The van der Waals surface area contributed by atoms with Gasteiger partial charge >= 0.3 is 12.2 Å². The van der Waals surface area contributed by atoms with E-state index in [1.54, 1.807) is 0 Å². The molecule has 1 saturated heterocycles. The zero-order valence-corrected chi connectivity index (χ0v) is 10.1. The highest BCUT2D eigenvalue weighted by atomic mass is 32.2. The van der Waals surface area contributed by atoms with Gasteiger partial charge < -0.3 is 5.32 Å². The summed E-state index contributed by atoms with van der Waals surface area (Å²) < 4.78 is 58.0. The molecule has 18 heavy (non-hydrogen) atoms. The Labute approximate surface area is 101 Å². The van der Waals surface area contributed by atoms with Gasteiger partial charge in [-0.1, -0.05) is 0 Å². The van der Waals surface area contributed by atoms with Crippen LogP contribution in [0.25, 0.3) is 0 Å². The fourth-order valence-electron chi connectivity index (χ4n) is 1.43. The van der Waals surface area contributed by atoms with Crippen LogP contribution in [0.3, 0.4) is 0 Å². The Balaban J connectivity index is 2.67. The maximum Gasteiger partial charge on any atom is 0.406 e. The number of rotatable bonds is 4. The lowest BCUT2D eigenvalue weighted by Gasteiger charge is -2.14. The minimum Gasteiger partial charge on any atom is -0.326 e. The SMILES string of the molecule is CS(=O)(=O)CCC1NC(=O)N(CC(F)(F)F)C1=O. The molecule has 6 nitrogen and oxygen atoms in total. The lowest BCUT2D eigenvalue weighted by atomic mass is 10.2. The molecule has 0 saturated carbocycles. The molecule has 0 spiro atoms. The number of hydrogen-bond acceptors (Lipinski definition) is 4. The summed E-state index contributed by atoms with van der Waals surface area (Å²) in [5.41, 5.74) is 0. The summed E-state index contributed by atoms with van der Waals surface area (Å²) in [6.45, 7) is -1.67. The van der Waals surface area contributed by atoms with Crippen molar-refractivity contribution in [3.05, 3.63) is 0 Å². The number of imide groups is 1. The van der Waals surface area contributed by atoms with E-state index in [1.807, 2.05) is 5.32 Å². The first-order chi connectivity index (χ1) is 7.99. The van der Waals surface area contributed by atoms with E-state index >= 15 is 0 Å². The van der Waals surface area contributed by atoms with Crippen molar-refractivity contribution in [1.29, 1.82) is 0 Å². The van der Waals surface area contributed by atoms with Gasteiger partial charge in [-0.2, -0.15) is 13.2 Å². The Kier molecular flexibility index (Phi) is 3.89. The quantitative estimate of drug-likeness (QED) is 0.732. The molecule has 104 valence electrons. The third kappa shape index (κ3) is 4.17. The van der Waals surface area contributed by atoms with Crippen molar-refractivity contribution in [2.45, 2.75) is 18.6 Å². The van der Waals surface area contributed by atoms with Crippen molar-refractivity contribution >= 4 is 21.8 Å². The molecule has 1 aliphatic heterocycles. The van der Waals surface area contributed by atoms with Crippen molar-refractivity contribution in [3.63, 3.8) is 0 Å². The van der Waals surface area contributed by atoms with E-state index in [4.69, 9.17) is 0 Å². The number of hydrogen-bond donors (Lipinski definition) is 1. The van der Waals surface area contributed by atoms with Crippen molar-refractivity contribution in [3.8, 4) is 0 Å². The minimum absolute atomic E-state index is 0.0347. The highest BCUT2D eigenvalue weighted by molar-refractivity contribution is 7.90. The zero-order valence-electron chi connectivity index (χ0n) is 9.32. The summed E-state index contributed by atoms with van der Waals surface area (Å²) in [4.78, 5) is 22.6. The number of sulfone groups is 1. The second kappa shape index (κ2) is 4.75. The Morgan fingerprint density at radius 3 is 2.33 bits per heavy atom. The fraction of sp³-hybridized carbons (Fsp3) is 0.750. The van der Waals surface area contributed by atoms with Crippen molar-refractivity contribution in [2.24, 2.45) is 0 Å². The van der Waals surface area contributed by atoms with Gasteiger partial charge in [-0.3, -0.25) is 9.69 Å². The van der Waals surface area contributed by atoms with Crippen LogP contribution in [-0.4, -0.2) is 56.0 Å². The number of nitrogens with zero attached hydrogens (tertiary/aromatic N) is 1. The monoisotopic (exact) mass is 288 g/mol. The summed E-state index contributed by atoms with van der Waals surface area (Å²) in [5, 5.41) is 2.02. The van der Waals surface area contributed by atoms with Gasteiger partial charge in [0, 0.05) is 6.26 Å². The average molecular weight is 288 g/mol. The summed E-state index contributed by atoms with van der Waals surface area (Å²) in [6, 6.07) is -2.37. The highest BCUT2D eigenvalue weighted by Crippen LogP contribution is 2.20. The van der Waals surface area contributed by atoms with Gasteiger partial charge in [0.2, 0.25) is 0 Å².